The molecule has 0 rings (SSSR count). The maximum Gasteiger partial charge on any atom is 0.330 e. The van der Waals surface area contributed by atoms with Gasteiger partial charge in [-0.1, -0.05) is 58.6 Å². The second kappa shape index (κ2) is 13.1. The largest absolute Gasteiger partial charge is 0.456 e. The van der Waals surface area contributed by atoms with Gasteiger partial charge in [-0.05, 0) is 19.8 Å². The van der Waals surface area contributed by atoms with Gasteiger partial charge >= 0.3 is 11.9 Å². The van der Waals surface area contributed by atoms with E-state index < -0.39 is 24.1 Å². The Morgan fingerprint density at radius 1 is 0.909 bits per heavy atom. The molecule has 0 bridgehead atoms. The van der Waals surface area contributed by atoms with Crippen molar-refractivity contribution in [2.24, 2.45) is 0 Å². The highest BCUT2D eigenvalue weighted by molar-refractivity contribution is 5.82. The number of rotatable bonds is 13. The zero-order chi connectivity index (χ0) is 16.8. The van der Waals surface area contributed by atoms with E-state index in [2.05, 4.69) is 20.1 Å². The normalized spacial score (nSPS) is 13.0. The molecule has 0 spiro atoms. The molecule has 0 heterocycles. The van der Waals surface area contributed by atoms with E-state index in [9.17, 15) is 9.59 Å². The van der Waals surface area contributed by atoms with Crippen LogP contribution < -0.4 is 0 Å². The minimum Gasteiger partial charge on any atom is -0.456 e. The SMILES string of the molecule is C=CC(=O)OC(C)C(CCCCCCCCC)OC(=O)C=C. The highest BCUT2D eigenvalue weighted by Gasteiger charge is 2.23. The number of carbonyl (C=O) groups is 2. The Bertz CT molecular complexity index is 349. The zero-order valence-corrected chi connectivity index (χ0v) is 14.0. The fraction of sp³-hybridized carbons (Fsp3) is 0.667. The molecule has 0 aromatic rings. The average Bonchev–Trinajstić information content (AvgIpc) is 2.52. The minimum atomic E-state index is -0.508. The summed E-state index contributed by atoms with van der Waals surface area (Å²) >= 11 is 0. The Labute approximate surface area is 134 Å². The van der Waals surface area contributed by atoms with Crippen molar-refractivity contribution < 1.29 is 19.1 Å². The zero-order valence-electron chi connectivity index (χ0n) is 14.0. The molecule has 0 aliphatic carbocycles. The highest BCUT2D eigenvalue weighted by atomic mass is 16.6. The number of ether oxygens (including phenoxy) is 2. The van der Waals surface area contributed by atoms with Crippen molar-refractivity contribution in [3.63, 3.8) is 0 Å². The molecule has 0 aliphatic heterocycles. The van der Waals surface area contributed by atoms with Crippen LogP contribution in [-0.4, -0.2) is 24.1 Å². The van der Waals surface area contributed by atoms with Crippen LogP contribution in [0.25, 0.3) is 0 Å². The number of carbonyl (C=O) groups excluding carboxylic acids is 2. The summed E-state index contributed by atoms with van der Waals surface area (Å²) in [5, 5.41) is 0. The Hall–Kier alpha value is -1.58. The van der Waals surface area contributed by atoms with E-state index in [-0.39, 0.29) is 0 Å². The standard InChI is InChI=1S/C18H30O4/c1-5-8-9-10-11-12-13-14-16(22-18(20)7-3)15(4)21-17(19)6-2/h6-7,15-16H,2-3,5,8-14H2,1,4H3. The molecule has 4 nitrogen and oxygen atoms in total. The molecule has 22 heavy (non-hydrogen) atoms. The predicted octanol–water partition coefficient (Wildman–Crippen LogP) is 4.34. The summed E-state index contributed by atoms with van der Waals surface area (Å²) in [7, 11) is 0. The summed E-state index contributed by atoms with van der Waals surface area (Å²) in [4.78, 5) is 22.6. The van der Waals surface area contributed by atoms with E-state index >= 15 is 0 Å². The van der Waals surface area contributed by atoms with Gasteiger partial charge in [-0.2, -0.15) is 0 Å². The van der Waals surface area contributed by atoms with Gasteiger partial charge in [-0.25, -0.2) is 9.59 Å². The second-order valence-electron chi connectivity index (χ2n) is 5.44. The first kappa shape index (κ1) is 20.4. The van der Waals surface area contributed by atoms with E-state index in [0.29, 0.717) is 6.42 Å². The average molecular weight is 310 g/mol. The van der Waals surface area contributed by atoms with Crippen molar-refractivity contribution >= 4 is 11.9 Å². The Morgan fingerprint density at radius 2 is 1.41 bits per heavy atom. The molecule has 0 radical (unpaired) electrons. The number of esters is 2. The minimum absolute atomic E-state index is 0.440. The van der Waals surface area contributed by atoms with Gasteiger partial charge in [0.05, 0.1) is 0 Å². The van der Waals surface area contributed by atoms with Crippen LogP contribution in [0.5, 0.6) is 0 Å². The Kier molecular flexibility index (Phi) is 12.2. The van der Waals surface area contributed by atoms with Crippen molar-refractivity contribution in [2.45, 2.75) is 77.4 Å². The molecular weight excluding hydrogens is 280 g/mol. The van der Waals surface area contributed by atoms with Gasteiger partial charge in [0.25, 0.3) is 0 Å². The molecule has 0 aliphatic rings. The fourth-order valence-corrected chi connectivity index (χ4v) is 2.20. The van der Waals surface area contributed by atoms with Gasteiger partial charge in [0, 0.05) is 12.2 Å². The van der Waals surface area contributed by atoms with E-state index in [1.165, 1.54) is 32.1 Å². The molecular formula is C18H30O4. The summed E-state index contributed by atoms with van der Waals surface area (Å²) in [6, 6.07) is 0. The lowest BCUT2D eigenvalue weighted by Gasteiger charge is -2.23. The summed E-state index contributed by atoms with van der Waals surface area (Å²) < 4.78 is 10.4. The first-order chi connectivity index (χ1) is 10.5. The quantitative estimate of drug-likeness (QED) is 0.288. The van der Waals surface area contributed by atoms with Gasteiger partial charge in [-0.3, -0.25) is 0 Å². The van der Waals surface area contributed by atoms with E-state index in [4.69, 9.17) is 9.47 Å². The van der Waals surface area contributed by atoms with Gasteiger partial charge in [0.15, 0.2) is 0 Å². The van der Waals surface area contributed by atoms with Crippen LogP contribution in [-0.2, 0) is 19.1 Å². The van der Waals surface area contributed by atoms with E-state index in [0.717, 1.165) is 25.0 Å². The van der Waals surface area contributed by atoms with Crippen molar-refractivity contribution in [2.75, 3.05) is 0 Å². The smallest absolute Gasteiger partial charge is 0.330 e. The third kappa shape index (κ3) is 10.2. The predicted molar refractivity (Wildman–Crippen MR) is 88.4 cm³/mol. The monoisotopic (exact) mass is 310 g/mol. The van der Waals surface area contributed by atoms with Crippen LogP contribution in [0.1, 0.15) is 65.2 Å². The van der Waals surface area contributed by atoms with Gasteiger partial charge in [-0.15, -0.1) is 0 Å². The van der Waals surface area contributed by atoms with Gasteiger partial charge in [0.1, 0.15) is 12.2 Å². The lowest BCUT2D eigenvalue weighted by molar-refractivity contribution is -0.160. The summed E-state index contributed by atoms with van der Waals surface area (Å²) in [6.45, 7) is 10.7. The van der Waals surface area contributed by atoms with Crippen molar-refractivity contribution in [3.05, 3.63) is 25.3 Å². The van der Waals surface area contributed by atoms with Crippen LogP contribution in [0, 0.1) is 0 Å². The third-order valence-corrected chi connectivity index (χ3v) is 3.52. The maximum absolute atomic E-state index is 11.4. The van der Waals surface area contributed by atoms with Crippen molar-refractivity contribution in [1.29, 1.82) is 0 Å². The molecule has 0 saturated heterocycles. The molecule has 0 fully saturated rings. The second-order valence-corrected chi connectivity index (χ2v) is 5.44. The lowest BCUT2D eigenvalue weighted by Crippen LogP contribution is -2.32. The first-order valence-electron chi connectivity index (χ1n) is 8.21. The van der Waals surface area contributed by atoms with Crippen molar-refractivity contribution in [3.8, 4) is 0 Å². The summed E-state index contributed by atoms with van der Waals surface area (Å²) in [6.07, 6.45) is 10.2. The molecule has 2 atom stereocenters. The molecule has 0 amide bonds. The van der Waals surface area contributed by atoms with Crippen LogP contribution >= 0.6 is 0 Å². The number of hydrogen-bond donors (Lipinski definition) is 0. The van der Waals surface area contributed by atoms with Gasteiger partial charge in [0.2, 0.25) is 0 Å². The van der Waals surface area contributed by atoms with Crippen LogP contribution in [0.3, 0.4) is 0 Å². The molecule has 2 unspecified atom stereocenters. The summed E-state index contributed by atoms with van der Waals surface area (Å²) in [5.41, 5.74) is 0. The fourth-order valence-electron chi connectivity index (χ4n) is 2.20. The molecule has 0 aromatic heterocycles. The third-order valence-electron chi connectivity index (χ3n) is 3.52. The maximum atomic E-state index is 11.4. The lowest BCUT2D eigenvalue weighted by atomic mass is 10.0. The van der Waals surface area contributed by atoms with E-state index in [1.54, 1.807) is 6.92 Å². The molecule has 0 aromatic carbocycles. The topological polar surface area (TPSA) is 52.6 Å². The van der Waals surface area contributed by atoms with Crippen LogP contribution in [0.2, 0.25) is 0 Å². The molecule has 4 heteroatoms. The van der Waals surface area contributed by atoms with Crippen LogP contribution in [0.4, 0.5) is 0 Å². The Balaban J connectivity index is 4.17. The van der Waals surface area contributed by atoms with Crippen molar-refractivity contribution in [1.82, 2.24) is 0 Å². The molecule has 0 N–H and O–H groups in total. The highest BCUT2D eigenvalue weighted by Crippen LogP contribution is 2.16. The molecule has 126 valence electrons. The Morgan fingerprint density at radius 3 is 1.95 bits per heavy atom. The van der Waals surface area contributed by atoms with E-state index in [1.807, 2.05) is 0 Å². The number of unbranched alkanes of at least 4 members (excludes halogenated alkanes) is 6. The van der Waals surface area contributed by atoms with Crippen LogP contribution in [0.15, 0.2) is 25.3 Å². The summed E-state index contributed by atoms with van der Waals surface area (Å²) in [5.74, 6) is -0.999. The first-order valence-corrected chi connectivity index (χ1v) is 8.21. The van der Waals surface area contributed by atoms with Gasteiger partial charge < -0.3 is 9.47 Å². The number of hydrogen-bond acceptors (Lipinski definition) is 4. The molecule has 0 saturated carbocycles.